The van der Waals surface area contributed by atoms with Gasteiger partial charge in [-0.2, -0.15) is 0 Å². The monoisotopic (exact) mass is 417 g/mol. The average Bonchev–Trinajstić information content (AvgIpc) is 3.22. The Bertz CT molecular complexity index is 900. The van der Waals surface area contributed by atoms with Gasteiger partial charge in [-0.25, -0.2) is 0 Å². The third-order valence-corrected chi connectivity index (χ3v) is 7.05. The first kappa shape index (κ1) is 20.4. The summed E-state index contributed by atoms with van der Waals surface area (Å²) in [5.74, 6) is -1.56. The molecular formula is C22H28ClN3O3. The van der Waals surface area contributed by atoms with Crippen molar-refractivity contribution in [2.75, 3.05) is 11.9 Å². The van der Waals surface area contributed by atoms with Crippen LogP contribution >= 0.6 is 11.6 Å². The number of amides is 3. The molecule has 0 saturated carbocycles. The minimum absolute atomic E-state index is 0.143. The molecule has 6 nitrogen and oxygen atoms in total. The highest BCUT2D eigenvalue weighted by Gasteiger charge is 2.70. The van der Waals surface area contributed by atoms with Gasteiger partial charge in [0, 0.05) is 23.2 Å². The molecule has 7 heteroatoms. The number of hydrogen-bond acceptors (Lipinski definition) is 4. The van der Waals surface area contributed by atoms with E-state index >= 15 is 0 Å². The predicted octanol–water partition coefficient (Wildman–Crippen LogP) is 3.22. The van der Waals surface area contributed by atoms with Gasteiger partial charge in [0.05, 0.1) is 17.5 Å². The van der Waals surface area contributed by atoms with E-state index in [9.17, 15) is 14.4 Å². The fourth-order valence-corrected chi connectivity index (χ4v) is 5.45. The van der Waals surface area contributed by atoms with E-state index in [1.165, 1.54) is 4.90 Å². The van der Waals surface area contributed by atoms with Crippen molar-refractivity contribution in [1.82, 2.24) is 10.2 Å². The zero-order valence-electron chi connectivity index (χ0n) is 17.3. The molecule has 0 radical (unpaired) electrons. The lowest BCUT2D eigenvalue weighted by molar-refractivity contribution is -0.142. The van der Waals surface area contributed by atoms with E-state index in [0.29, 0.717) is 23.2 Å². The number of hydrogen-bond donors (Lipinski definition) is 2. The zero-order chi connectivity index (χ0) is 21.1. The summed E-state index contributed by atoms with van der Waals surface area (Å²) >= 11 is 6.28. The smallest absolute Gasteiger partial charge is 0.250 e. The summed E-state index contributed by atoms with van der Waals surface area (Å²) in [5, 5.41) is 6.98. The molecule has 0 aromatic heterocycles. The van der Waals surface area contributed by atoms with Gasteiger partial charge in [-0.15, -0.1) is 0 Å². The van der Waals surface area contributed by atoms with Gasteiger partial charge in [0.25, 0.3) is 0 Å². The summed E-state index contributed by atoms with van der Waals surface area (Å²) in [4.78, 5) is 41.5. The number of carbonyl (C=O) groups excluding carboxylic acids is 3. The molecule has 3 aliphatic rings. The third-order valence-electron chi connectivity index (χ3n) is 6.64. The van der Waals surface area contributed by atoms with Crippen LogP contribution in [-0.4, -0.2) is 35.2 Å². The van der Waals surface area contributed by atoms with Crippen LogP contribution in [0.25, 0.3) is 0 Å². The molecular weight excluding hydrogens is 390 g/mol. The van der Waals surface area contributed by atoms with Crippen LogP contribution in [0, 0.1) is 24.7 Å². The molecule has 1 aromatic carbocycles. The van der Waals surface area contributed by atoms with E-state index in [-0.39, 0.29) is 23.8 Å². The molecule has 0 bridgehead atoms. The number of anilines is 1. The maximum Gasteiger partial charge on any atom is 0.250 e. The van der Waals surface area contributed by atoms with Gasteiger partial charge in [-0.05, 0) is 37.3 Å². The molecule has 4 unspecified atom stereocenters. The average molecular weight is 418 g/mol. The lowest BCUT2D eigenvalue weighted by Crippen LogP contribution is -2.53. The summed E-state index contributed by atoms with van der Waals surface area (Å²) in [5.41, 5.74) is 0.942. The molecule has 2 saturated heterocycles. The molecule has 1 spiro atoms. The zero-order valence-corrected chi connectivity index (χ0v) is 18.1. The van der Waals surface area contributed by atoms with Gasteiger partial charge in [0.2, 0.25) is 17.7 Å². The topological polar surface area (TPSA) is 78.5 Å². The molecule has 4 rings (SSSR count). The van der Waals surface area contributed by atoms with Crippen LogP contribution in [0.4, 0.5) is 5.69 Å². The maximum atomic E-state index is 13.5. The molecule has 0 aliphatic carbocycles. The van der Waals surface area contributed by atoms with Crippen LogP contribution in [-0.2, 0) is 19.9 Å². The lowest BCUT2D eigenvalue weighted by Gasteiger charge is -2.30. The minimum atomic E-state index is -1.22. The van der Waals surface area contributed by atoms with Gasteiger partial charge in [0.15, 0.2) is 0 Å². The van der Waals surface area contributed by atoms with E-state index in [0.717, 1.165) is 30.4 Å². The second kappa shape index (κ2) is 7.10. The number of carbonyl (C=O) groups is 3. The Balaban J connectivity index is 1.85. The van der Waals surface area contributed by atoms with Crippen molar-refractivity contribution >= 4 is 35.0 Å². The predicted molar refractivity (Wildman–Crippen MR) is 111 cm³/mol. The van der Waals surface area contributed by atoms with E-state index in [4.69, 9.17) is 11.6 Å². The summed E-state index contributed by atoms with van der Waals surface area (Å²) in [7, 11) is 0. The number of likely N-dealkylation sites (tertiary alicyclic amines) is 1. The van der Waals surface area contributed by atoms with Crippen molar-refractivity contribution in [2.24, 2.45) is 17.8 Å². The summed E-state index contributed by atoms with van der Waals surface area (Å²) in [6.07, 6.45) is 2.38. The van der Waals surface area contributed by atoms with Crippen molar-refractivity contribution in [2.45, 2.75) is 58.5 Å². The van der Waals surface area contributed by atoms with Gasteiger partial charge in [-0.3, -0.25) is 24.6 Å². The Hall–Kier alpha value is -1.92. The Labute approximate surface area is 176 Å². The number of fused-ring (bicyclic) bond motifs is 4. The highest BCUT2D eigenvalue weighted by atomic mass is 35.5. The van der Waals surface area contributed by atoms with Crippen LogP contribution < -0.4 is 10.6 Å². The number of rotatable bonds is 5. The number of nitrogens with one attached hydrogen (secondary N) is 2. The Morgan fingerprint density at radius 2 is 1.93 bits per heavy atom. The summed E-state index contributed by atoms with van der Waals surface area (Å²) in [6, 6.07) is 3.35. The van der Waals surface area contributed by atoms with E-state index in [2.05, 4.69) is 24.5 Å². The first-order chi connectivity index (χ1) is 13.7. The van der Waals surface area contributed by atoms with Crippen molar-refractivity contribution in [3.63, 3.8) is 0 Å². The van der Waals surface area contributed by atoms with Gasteiger partial charge < -0.3 is 5.32 Å². The van der Waals surface area contributed by atoms with E-state index < -0.39 is 17.4 Å². The highest BCUT2D eigenvalue weighted by Crippen LogP contribution is 2.54. The third kappa shape index (κ3) is 2.76. The standard InChI is InChI=1S/C22H28ClN3O3/c1-5-6-9-26-19(27)16-15(10-11(2)3)25-22(17(16)20(26)28)13-7-8-14(23)12(4)18(13)24-21(22)29/h7-8,11,15-17,25H,5-6,9-10H2,1-4H3,(H,24,29). The van der Waals surface area contributed by atoms with E-state index in [1.54, 1.807) is 6.07 Å². The number of nitrogens with zero attached hydrogens (tertiary/aromatic N) is 1. The quantitative estimate of drug-likeness (QED) is 0.721. The largest absolute Gasteiger partial charge is 0.324 e. The first-order valence-electron chi connectivity index (χ1n) is 10.5. The first-order valence-corrected chi connectivity index (χ1v) is 10.9. The van der Waals surface area contributed by atoms with Crippen LogP contribution in [0.15, 0.2) is 12.1 Å². The molecule has 3 heterocycles. The minimum Gasteiger partial charge on any atom is -0.324 e. The number of halogens is 1. The number of benzene rings is 1. The van der Waals surface area contributed by atoms with Gasteiger partial charge >= 0.3 is 0 Å². The lowest BCUT2D eigenvalue weighted by atomic mass is 9.76. The van der Waals surface area contributed by atoms with Gasteiger partial charge in [-0.1, -0.05) is 44.9 Å². The maximum absolute atomic E-state index is 13.5. The molecule has 1 aromatic rings. The summed E-state index contributed by atoms with van der Waals surface area (Å²) in [6.45, 7) is 8.48. The Morgan fingerprint density at radius 3 is 2.59 bits per heavy atom. The van der Waals surface area contributed by atoms with Crippen molar-refractivity contribution < 1.29 is 14.4 Å². The van der Waals surface area contributed by atoms with Crippen molar-refractivity contribution in [3.8, 4) is 0 Å². The number of imide groups is 1. The van der Waals surface area contributed by atoms with Crippen LogP contribution in [0.2, 0.25) is 5.02 Å². The molecule has 2 fully saturated rings. The van der Waals surface area contributed by atoms with Gasteiger partial charge in [0.1, 0.15) is 5.54 Å². The Kier molecular flexibility index (Phi) is 4.98. The molecule has 29 heavy (non-hydrogen) atoms. The molecule has 156 valence electrons. The van der Waals surface area contributed by atoms with E-state index in [1.807, 2.05) is 19.9 Å². The Morgan fingerprint density at radius 1 is 1.21 bits per heavy atom. The van der Waals surface area contributed by atoms with Crippen LogP contribution in [0.5, 0.6) is 0 Å². The van der Waals surface area contributed by atoms with Crippen LogP contribution in [0.1, 0.15) is 51.2 Å². The van der Waals surface area contributed by atoms with Crippen molar-refractivity contribution in [3.05, 3.63) is 28.3 Å². The molecule has 3 amide bonds. The van der Waals surface area contributed by atoms with Crippen molar-refractivity contribution in [1.29, 1.82) is 0 Å². The molecule has 3 aliphatic heterocycles. The van der Waals surface area contributed by atoms with Crippen LogP contribution in [0.3, 0.4) is 0 Å². The molecule has 4 atom stereocenters. The fraction of sp³-hybridized carbons (Fsp3) is 0.591. The molecule has 2 N–H and O–H groups in total. The fourth-order valence-electron chi connectivity index (χ4n) is 5.30. The normalized spacial score (nSPS) is 30.5. The second-order valence-electron chi connectivity index (χ2n) is 8.92. The summed E-state index contributed by atoms with van der Waals surface area (Å²) < 4.78 is 0. The SMILES string of the molecule is CCCCN1C(=O)C2C(CC(C)C)NC3(C(=O)Nc4c3ccc(Cl)c4C)C2C1=O. The number of unbranched alkanes of at least 4 members (excludes halogenated alkanes) is 1. The second-order valence-corrected chi connectivity index (χ2v) is 9.33. The highest BCUT2D eigenvalue weighted by molar-refractivity contribution is 6.32.